The Bertz CT molecular complexity index is 229. The van der Waals surface area contributed by atoms with Gasteiger partial charge in [-0.2, -0.15) is 0 Å². The molecule has 2 heteroatoms. The average molecular weight is 240 g/mol. The highest BCUT2D eigenvalue weighted by atomic mass is 28.3. The second kappa shape index (κ2) is 5.90. The Morgan fingerprint density at radius 1 is 1.12 bits per heavy atom. The summed E-state index contributed by atoms with van der Waals surface area (Å²) >= 11 is 0. The van der Waals surface area contributed by atoms with Gasteiger partial charge in [0.25, 0.3) is 0 Å². The minimum absolute atomic E-state index is 0.501. The summed E-state index contributed by atoms with van der Waals surface area (Å²) in [6, 6.07) is 0. The van der Waals surface area contributed by atoms with Crippen molar-refractivity contribution in [2.75, 3.05) is 0 Å². The second-order valence-electron chi connectivity index (χ2n) is 6.17. The fourth-order valence-corrected chi connectivity index (χ4v) is 5.07. The molecule has 1 aliphatic rings. The molecule has 0 aromatic rings. The van der Waals surface area contributed by atoms with E-state index in [1.807, 2.05) is 0 Å². The van der Waals surface area contributed by atoms with E-state index in [-0.39, 0.29) is 0 Å². The number of rotatable bonds is 7. The van der Waals surface area contributed by atoms with E-state index < -0.39 is 8.07 Å². The molecule has 0 aromatic carbocycles. The summed E-state index contributed by atoms with van der Waals surface area (Å²) in [6.07, 6.45) is 8.56. The summed E-state index contributed by atoms with van der Waals surface area (Å²) in [4.78, 5) is 0. The largest absolute Gasteiger partial charge is 0.495 e. The fraction of sp³-hybridized carbons (Fsp3) is 0.857. The van der Waals surface area contributed by atoms with Crippen molar-refractivity contribution in [2.24, 2.45) is 0 Å². The number of ether oxygens (including phenoxy) is 1. The maximum absolute atomic E-state index is 5.73. The summed E-state index contributed by atoms with van der Waals surface area (Å²) in [6.45, 7) is 13.6. The van der Waals surface area contributed by atoms with E-state index in [4.69, 9.17) is 4.74 Å². The van der Waals surface area contributed by atoms with Crippen LogP contribution in [0.1, 0.15) is 45.4 Å². The van der Waals surface area contributed by atoms with Crippen LogP contribution in [-0.2, 0) is 4.74 Å². The smallest absolute Gasteiger partial charge is 0.106 e. The van der Waals surface area contributed by atoms with Gasteiger partial charge in [-0.3, -0.25) is 0 Å². The minimum atomic E-state index is -1.10. The Kier molecular flexibility index (Phi) is 5.10. The third-order valence-electron chi connectivity index (χ3n) is 3.55. The zero-order chi connectivity index (χ0) is 12.2. The molecule has 0 saturated carbocycles. The normalized spacial score (nSPS) is 25.1. The number of unbranched alkanes of at least 4 members (excludes halogenated alkanes) is 4. The molecule has 1 heterocycles. The molecule has 0 radical (unpaired) electrons. The monoisotopic (exact) mass is 240 g/mol. The van der Waals surface area contributed by atoms with Crippen molar-refractivity contribution in [3.63, 3.8) is 0 Å². The first-order valence-electron chi connectivity index (χ1n) is 6.82. The van der Waals surface area contributed by atoms with Crippen molar-refractivity contribution in [1.82, 2.24) is 0 Å². The molecule has 94 valence electrons. The molecule has 0 aliphatic carbocycles. The highest BCUT2D eigenvalue weighted by Crippen LogP contribution is 2.46. The van der Waals surface area contributed by atoms with Crippen LogP contribution in [0.2, 0.25) is 25.2 Å². The van der Waals surface area contributed by atoms with Crippen molar-refractivity contribution >= 4 is 8.07 Å². The van der Waals surface area contributed by atoms with Gasteiger partial charge in [-0.1, -0.05) is 58.8 Å². The molecular formula is C14H28OSi. The highest BCUT2D eigenvalue weighted by molar-refractivity contribution is 6.78. The van der Waals surface area contributed by atoms with Crippen LogP contribution in [0.25, 0.3) is 0 Å². The van der Waals surface area contributed by atoms with Gasteiger partial charge in [0, 0.05) is 5.54 Å². The standard InChI is InChI=1S/C14H28OSi/c1-6-7-8-9-10-11-13-14(12(2)15-13)16(3,4)5/h13-14H,2,6-11H2,1,3-5H3/t13-,14-/m0/s1. The van der Waals surface area contributed by atoms with Gasteiger partial charge in [0.1, 0.15) is 6.10 Å². The first-order valence-corrected chi connectivity index (χ1v) is 10.4. The van der Waals surface area contributed by atoms with E-state index in [0.717, 1.165) is 5.76 Å². The third-order valence-corrected chi connectivity index (χ3v) is 6.11. The van der Waals surface area contributed by atoms with Gasteiger partial charge >= 0.3 is 0 Å². The first-order chi connectivity index (χ1) is 7.46. The van der Waals surface area contributed by atoms with Crippen LogP contribution >= 0.6 is 0 Å². The Morgan fingerprint density at radius 2 is 1.75 bits per heavy atom. The van der Waals surface area contributed by atoms with E-state index in [1.165, 1.54) is 38.5 Å². The molecule has 16 heavy (non-hydrogen) atoms. The Morgan fingerprint density at radius 3 is 2.25 bits per heavy atom. The summed E-state index contributed by atoms with van der Waals surface area (Å²) in [5.74, 6) is 1.07. The summed E-state index contributed by atoms with van der Waals surface area (Å²) in [5.41, 5.74) is 0.707. The number of hydrogen-bond donors (Lipinski definition) is 0. The SMILES string of the molecule is C=C1O[C@@H](CCCCCCC)[C@H]1[Si](C)(C)C. The molecule has 2 atom stereocenters. The minimum Gasteiger partial charge on any atom is -0.495 e. The van der Waals surface area contributed by atoms with E-state index >= 15 is 0 Å². The van der Waals surface area contributed by atoms with E-state index in [0.29, 0.717) is 11.6 Å². The Hall–Kier alpha value is -0.243. The fourth-order valence-electron chi connectivity index (χ4n) is 2.69. The van der Waals surface area contributed by atoms with E-state index in [1.54, 1.807) is 0 Å². The van der Waals surface area contributed by atoms with Crippen molar-refractivity contribution in [2.45, 2.75) is 76.7 Å². The number of hydrogen-bond acceptors (Lipinski definition) is 1. The molecule has 0 spiro atoms. The second-order valence-corrected chi connectivity index (χ2v) is 11.5. The highest BCUT2D eigenvalue weighted by Gasteiger charge is 2.45. The van der Waals surface area contributed by atoms with Crippen molar-refractivity contribution in [1.29, 1.82) is 0 Å². The van der Waals surface area contributed by atoms with Crippen LogP contribution < -0.4 is 0 Å². The zero-order valence-corrected chi connectivity index (χ0v) is 12.5. The summed E-state index contributed by atoms with van der Waals surface area (Å²) in [7, 11) is -1.10. The third kappa shape index (κ3) is 3.65. The van der Waals surface area contributed by atoms with E-state index in [9.17, 15) is 0 Å². The summed E-state index contributed by atoms with van der Waals surface area (Å²) < 4.78 is 5.73. The lowest BCUT2D eigenvalue weighted by Crippen LogP contribution is -2.46. The lowest BCUT2D eigenvalue weighted by molar-refractivity contribution is 0.0116. The molecule has 1 saturated heterocycles. The van der Waals surface area contributed by atoms with Crippen LogP contribution in [0.5, 0.6) is 0 Å². The van der Waals surface area contributed by atoms with Crippen molar-refractivity contribution < 1.29 is 4.74 Å². The van der Waals surface area contributed by atoms with Gasteiger partial charge in [-0.05, 0) is 12.8 Å². The van der Waals surface area contributed by atoms with Gasteiger partial charge in [-0.25, -0.2) is 0 Å². The van der Waals surface area contributed by atoms with Gasteiger partial charge in [0.2, 0.25) is 0 Å². The Balaban J connectivity index is 2.21. The maximum Gasteiger partial charge on any atom is 0.106 e. The quantitative estimate of drug-likeness (QED) is 0.451. The molecule has 0 unspecified atom stereocenters. The first kappa shape index (κ1) is 13.8. The van der Waals surface area contributed by atoms with E-state index in [2.05, 4.69) is 33.1 Å². The van der Waals surface area contributed by atoms with Gasteiger partial charge < -0.3 is 4.74 Å². The zero-order valence-electron chi connectivity index (χ0n) is 11.5. The maximum atomic E-state index is 5.73. The predicted octanol–water partition coefficient (Wildman–Crippen LogP) is 4.97. The van der Waals surface area contributed by atoms with Crippen LogP contribution in [0, 0.1) is 0 Å². The van der Waals surface area contributed by atoms with Crippen LogP contribution in [0.4, 0.5) is 0 Å². The topological polar surface area (TPSA) is 9.23 Å². The molecule has 0 bridgehead atoms. The Labute approximate surface area is 102 Å². The van der Waals surface area contributed by atoms with Crippen LogP contribution in [0.15, 0.2) is 12.3 Å². The van der Waals surface area contributed by atoms with Gasteiger partial charge in [0.05, 0.1) is 13.8 Å². The van der Waals surface area contributed by atoms with Gasteiger partial charge in [-0.15, -0.1) is 0 Å². The molecule has 1 rings (SSSR count). The molecule has 0 amide bonds. The lowest BCUT2D eigenvalue weighted by Gasteiger charge is -2.46. The average Bonchev–Trinajstić information content (AvgIpc) is 2.12. The molecular weight excluding hydrogens is 212 g/mol. The summed E-state index contributed by atoms with van der Waals surface area (Å²) in [5, 5.41) is 0. The lowest BCUT2D eigenvalue weighted by atomic mass is 10.0. The molecule has 0 aromatic heterocycles. The van der Waals surface area contributed by atoms with Crippen LogP contribution in [-0.4, -0.2) is 14.2 Å². The molecule has 1 aliphatic heterocycles. The molecule has 1 nitrogen and oxygen atoms in total. The van der Waals surface area contributed by atoms with Crippen LogP contribution in [0.3, 0.4) is 0 Å². The van der Waals surface area contributed by atoms with Crippen molar-refractivity contribution in [3.8, 4) is 0 Å². The molecule has 0 N–H and O–H groups in total. The predicted molar refractivity (Wildman–Crippen MR) is 74.5 cm³/mol. The molecule has 1 fully saturated rings. The van der Waals surface area contributed by atoms with Gasteiger partial charge in [0.15, 0.2) is 0 Å². The van der Waals surface area contributed by atoms with Crippen molar-refractivity contribution in [3.05, 3.63) is 12.3 Å².